The van der Waals surface area contributed by atoms with Crippen LogP contribution in [0.4, 0.5) is 8.78 Å². The fourth-order valence-corrected chi connectivity index (χ4v) is 2.12. The van der Waals surface area contributed by atoms with Crippen LogP contribution >= 0.6 is 0 Å². The number of nitrogens with zero attached hydrogens (tertiary/aromatic N) is 3. The SMILES string of the molecule is O=C(NCCc1nnc2ccccn12)c1cc(F)ccc1F. The zero-order valence-corrected chi connectivity index (χ0v) is 11.5. The van der Waals surface area contributed by atoms with Crippen molar-refractivity contribution in [3.8, 4) is 0 Å². The van der Waals surface area contributed by atoms with Crippen LogP contribution in [0.1, 0.15) is 16.2 Å². The number of pyridine rings is 1. The summed E-state index contributed by atoms with van der Waals surface area (Å²) in [6, 6.07) is 8.28. The quantitative estimate of drug-likeness (QED) is 0.801. The zero-order valence-electron chi connectivity index (χ0n) is 11.5. The summed E-state index contributed by atoms with van der Waals surface area (Å²) in [5, 5.41) is 10.6. The van der Waals surface area contributed by atoms with E-state index in [-0.39, 0.29) is 12.1 Å². The first-order valence-electron chi connectivity index (χ1n) is 6.67. The molecule has 1 amide bonds. The number of halogens is 2. The molecular weight excluding hydrogens is 290 g/mol. The van der Waals surface area contributed by atoms with E-state index in [0.717, 1.165) is 18.2 Å². The van der Waals surface area contributed by atoms with Gasteiger partial charge in [-0.1, -0.05) is 6.07 Å². The van der Waals surface area contributed by atoms with Crippen molar-refractivity contribution in [1.29, 1.82) is 0 Å². The molecule has 7 heteroatoms. The van der Waals surface area contributed by atoms with E-state index >= 15 is 0 Å². The van der Waals surface area contributed by atoms with Crippen molar-refractivity contribution in [2.75, 3.05) is 6.54 Å². The predicted molar refractivity (Wildman–Crippen MR) is 75.4 cm³/mol. The van der Waals surface area contributed by atoms with Gasteiger partial charge < -0.3 is 5.32 Å². The van der Waals surface area contributed by atoms with Crippen molar-refractivity contribution >= 4 is 11.6 Å². The minimum absolute atomic E-state index is 0.241. The summed E-state index contributed by atoms with van der Waals surface area (Å²) in [5.74, 6) is -1.40. The Kier molecular flexibility index (Phi) is 3.78. The summed E-state index contributed by atoms with van der Waals surface area (Å²) in [7, 11) is 0. The summed E-state index contributed by atoms with van der Waals surface area (Å²) in [4.78, 5) is 11.8. The molecule has 0 bridgehead atoms. The third-order valence-electron chi connectivity index (χ3n) is 3.19. The molecule has 22 heavy (non-hydrogen) atoms. The number of hydrogen-bond acceptors (Lipinski definition) is 3. The van der Waals surface area contributed by atoms with Crippen molar-refractivity contribution in [3.63, 3.8) is 0 Å². The molecular formula is C15H12F2N4O. The Morgan fingerprint density at radius 1 is 1.18 bits per heavy atom. The highest BCUT2D eigenvalue weighted by Crippen LogP contribution is 2.09. The lowest BCUT2D eigenvalue weighted by atomic mass is 10.2. The smallest absolute Gasteiger partial charge is 0.254 e. The highest BCUT2D eigenvalue weighted by molar-refractivity contribution is 5.94. The second kappa shape index (κ2) is 5.88. The van der Waals surface area contributed by atoms with E-state index in [2.05, 4.69) is 15.5 Å². The first-order valence-corrected chi connectivity index (χ1v) is 6.67. The fourth-order valence-electron chi connectivity index (χ4n) is 2.12. The molecule has 3 rings (SSSR count). The van der Waals surface area contributed by atoms with Gasteiger partial charge in [-0.3, -0.25) is 9.20 Å². The molecule has 0 aliphatic rings. The highest BCUT2D eigenvalue weighted by Gasteiger charge is 2.13. The number of aromatic nitrogens is 3. The summed E-state index contributed by atoms with van der Waals surface area (Å²) >= 11 is 0. The van der Waals surface area contributed by atoms with Crippen molar-refractivity contribution in [1.82, 2.24) is 19.9 Å². The molecule has 0 saturated heterocycles. The molecule has 0 aliphatic heterocycles. The lowest BCUT2D eigenvalue weighted by Crippen LogP contribution is -2.27. The van der Waals surface area contributed by atoms with Crippen LogP contribution in [0.5, 0.6) is 0 Å². The van der Waals surface area contributed by atoms with E-state index in [1.807, 2.05) is 24.4 Å². The largest absolute Gasteiger partial charge is 0.351 e. The van der Waals surface area contributed by atoms with E-state index in [9.17, 15) is 13.6 Å². The molecule has 2 heterocycles. The highest BCUT2D eigenvalue weighted by atomic mass is 19.1. The average molecular weight is 302 g/mol. The Balaban J connectivity index is 1.65. The van der Waals surface area contributed by atoms with Crippen LogP contribution in [0, 0.1) is 11.6 Å². The van der Waals surface area contributed by atoms with Crippen molar-refractivity contribution < 1.29 is 13.6 Å². The van der Waals surface area contributed by atoms with Crippen LogP contribution < -0.4 is 5.32 Å². The van der Waals surface area contributed by atoms with E-state index in [1.165, 1.54) is 0 Å². The van der Waals surface area contributed by atoms with Gasteiger partial charge in [0, 0.05) is 19.2 Å². The Bertz CT molecular complexity index is 831. The molecule has 0 spiro atoms. The summed E-state index contributed by atoms with van der Waals surface area (Å²) < 4.78 is 28.3. The maximum Gasteiger partial charge on any atom is 0.254 e. The Hall–Kier alpha value is -2.83. The van der Waals surface area contributed by atoms with E-state index in [0.29, 0.717) is 17.9 Å². The van der Waals surface area contributed by atoms with Gasteiger partial charge in [0.1, 0.15) is 17.5 Å². The zero-order chi connectivity index (χ0) is 15.5. The van der Waals surface area contributed by atoms with Gasteiger partial charge in [-0.2, -0.15) is 0 Å². The lowest BCUT2D eigenvalue weighted by molar-refractivity contribution is 0.0949. The molecule has 2 aromatic heterocycles. The van der Waals surface area contributed by atoms with E-state index in [1.54, 1.807) is 4.40 Å². The molecule has 112 valence electrons. The molecule has 5 nitrogen and oxygen atoms in total. The van der Waals surface area contributed by atoms with Gasteiger partial charge >= 0.3 is 0 Å². The van der Waals surface area contributed by atoms with Gasteiger partial charge in [0.2, 0.25) is 0 Å². The number of carbonyl (C=O) groups excluding carboxylic acids is 1. The van der Waals surface area contributed by atoms with Crippen LogP contribution in [0.25, 0.3) is 5.65 Å². The molecule has 0 fully saturated rings. The van der Waals surface area contributed by atoms with Crippen LogP contribution in [0.15, 0.2) is 42.6 Å². The van der Waals surface area contributed by atoms with Crippen molar-refractivity contribution in [3.05, 3.63) is 65.6 Å². The maximum absolute atomic E-state index is 13.5. The molecule has 1 N–H and O–H groups in total. The molecule has 1 aromatic carbocycles. The lowest BCUT2D eigenvalue weighted by Gasteiger charge is -2.05. The van der Waals surface area contributed by atoms with Crippen LogP contribution in [0.2, 0.25) is 0 Å². The summed E-state index contributed by atoms with van der Waals surface area (Å²) in [5.41, 5.74) is 0.395. The second-order valence-electron chi connectivity index (χ2n) is 4.68. The third-order valence-corrected chi connectivity index (χ3v) is 3.19. The Labute approximate surface area is 124 Å². The topological polar surface area (TPSA) is 59.3 Å². The molecule has 0 radical (unpaired) electrons. The van der Waals surface area contributed by atoms with Crippen LogP contribution in [-0.4, -0.2) is 27.0 Å². The van der Waals surface area contributed by atoms with Gasteiger partial charge in [0.25, 0.3) is 5.91 Å². The third kappa shape index (κ3) is 2.78. The minimum Gasteiger partial charge on any atom is -0.351 e. The molecule has 0 atom stereocenters. The predicted octanol–water partition coefficient (Wildman–Crippen LogP) is 1.98. The minimum atomic E-state index is -0.758. The van der Waals surface area contributed by atoms with Gasteiger partial charge in [-0.15, -0.1) is 10.2 Å². The van der Waals surface area contributed by atoms with Gasteiger partial charge in [0.05, 0.1) is 5.56 Å². The number of nitrogens with one attached hydrogen (secondary N) is 1. The molecule has 3 aromatic rings. The first-order chi connectivity index (χ1) is 10.6. The standard InChI is InChI=1S/C15H12F2N4O/c16-10-4-5-12(17)11(9-10)15(22)18-7-6-14-20-19-13-3-1-2-8-21(13)14/h1-5,8-9H,6-7H2,(H,18,22). The average Bonchev–Trinajstić information content (AvgIpc) is 2.93. The number of benzene rings is 1. The summed E-state index contributed by atoms with van der Waals surface area (Å²) in [6.07, 6.45) is 2.24. The van der Waals surface area contributed by atoms with E-state index in [4.69, 9.17) is 0 Å². The molecule has 0 aliphatic carbocycles. The monoisotopic (exact) mass is 302 g/mol. The normalized spacial score (nSPS) is 10.8. The maximum atomic E-state index is 13.5. The fraction of sp³-hybridized carbons (Fsp3) is 0.133. The van der Waals surface area contributed by atoms with Crippen LogP contribution in [-0.2, 0) is 6.42 Å². The van der Waals surface area contributed by atoms with Crippen molar-refractivity contribution in [2.45, 2.75) is 6.42 Å². The molecule has 0 saturated carbocycles. The number of carbonyl (C=O) groups is 1. The van der Waals surface area contributed by atoms with Gasteiger partial charge in [-0.05, 0) is 30.3 Å². The van der Waals surface area contributed by atoms with Gasteiger partial charge in [-0.25, -0.2) is 8.78 Å². The Morgan fingerprint density at radius 2 is 2.05 bits per heavy atom. The number of fused-ring (bicyclic) bond motifs is 1. The molecule has 0 unspecified atom stereocenters. The summed E-state index contributed by atoms with van der Waals surface area (Å²) in [6.45, 7) is 0.241. The Morgan fingerprint density at radius 3 is 2.91 bits per heavy atom. The van der Waals surface area contributed by atoms with Crippen LogP contribution in [0.3, 0.4) is 0 Å². The number of rotatable bonds is 4. The van der Waals surface area contributed by atoms with Gasteiger partial charge in [0.15, 0.2) is 5.65 Å². The number of amides is 1. The van der Waals surface area contributed by atoms with E-state index < -0.39 is 17.5 Å². The second-order valence-corrected chi connectivity index (χ2v) is 4.68. The number of hydrogen-bond donors (Lipinski definition) is 1. The first kappa shape index (κ1) is 14.1. The van der Waals surface area contributed by atoms with Crippen molar-refractivity contribution in [2.24, 2.45) is 0 Å².